The van der Waals surface area contributed by atoms with E-state index in [-0.39, 0.29) is 5.91 Å². The van der Waals surface area contributed by atoms with Crippen LogP contribution in [0.2, 0.25) is 0 Å². The number of thiophene rings is 1. The molecule has 0 saturated carbocycles. The molecule has 1 aromatic carbocycles. The van der Waals surface area contributed by atoms with Gasteiger partial charge in [-0.1, -0.05) is 18.2 Å². The Labute approximate surface area is 203 Å². The number of likely N-dealkylation sites (N-methyl/N-ethyl adjacent to an activating group) is 1. The molecule has 1 fully saturated rings. The summed E-state index contributed by atoms with van der Waals surface area (Å²) < 4.78 is 5.86. The van der Waals surface area contributed by atoms with E-state index >= 15 is 0 Å². The molecular formula is C27H29N3O3S. The van der Waals surface area contributed by atoms with Crippen molar-refractivity contribution in [1.29, 1.82) is 0 Å². The van der Waals surface area contributed by atoms with Crippen molar-refractivity contribution in [3.63, 3.8) is 0 Å². The molecule has 1 aliphatic heterocycles. The predicted molar refractivity (Wildman–Crippen MR) is 134 cm³/mol. The number of benzene rings is 1. The summed E-state index contributed by atoms with van der Waals surface area (Å²) in [6.07, 6.45) is 3.81. The molecule has 5 rings (SSSR count). The number of rotatable bonds is 7. The van der Waals surface area contributed by atoms with E-state index in [1.54, 1.807) is 35.5 Å². The summed E-state index contributed by atoms with van der Waals surface area (Å²) in [5.74, 6) is 0.155. The SMILES string of the molecule is CN(CCc1ccccn1)C(=O)c1cc2cc(C3(O)CCN(Cc4cccs4)CC3)ccc2o1. The van der Waals surface area contributed by atoms with E-state index in [0.717, 1.165) is 36.3 Å². The maximum absolute atomic E-state index is 12.9. The highest BCUT2D eigenvalue weighted by Crippen LogP contribution is 2.35. The lowest BCUT2D eigenvalue weighted by Crippen LogP contribution is -2.42. The van der Waals surface area contributed by atoms with E-state index in [2.05, 4.69) is 27.4 Å². The number of aliphatic hydroxyl groups is 1. The van der Waals surface area contributed by atoms with Crippen LogP contribution in [0.5, 0.6) is 0 Å². The van der Waals surface area contributed by atoms with Crippen LogP contribution in [0.3, 0.4) is 0 Å². The Hall–Kier alpha value is -3.00. The zero-order chi connectivity index (χ0) is 23.5. The van der Waals surface area contributed by atoms with E-state index in [1.807, 2.05) is 36.4 Å². The first-order valence-electron chi connectivity index (χ1n) is 11.7. The van der Waals surface area contributed by atoms with Crippen molar-refractivity contribution in [3.8, 4) is 0 Å². The second-order valence-electron chi connectivity index (χ2n) is 9.05. The number of furan rings is 1. The number of pyridine rings is 1. The largest absolute Gasteiger partial charge is 0.451 e. The van der Waals surface area contributed by atoms with Crippen LogP contribution >= 0.6 is 11.3 Å². The number of hydrogen-bond acceptors (Lipinski definition) is 6. The monoisotopic (exact) mass is 475 g/mol. The van der Waals surface area contributed by atoms with E-state index in [0.29, 0.717) is 37.2 Å². The van der Waals surface area contributed by atoms with Crippen LogP contribution in [0.25, 0.3) is 11.0 Å². The number of carbonyl (C=O) groups excluding carboxylic acids is 1. The van der Waals surface area contributed by atoms with E-state index in [1.165, 1.54) is 4.88 Å². The van der Waals surface area contributed by atoms with Gasteiger partial charge >= 0.3 is 0 Å². The maximum atomic E-state index is 12.9. The van der Waals surface area contributed by atoms with Crippen LogP contribution in [0.4, 0.5) is 0 Å². The summed E-state index contributed by atoms with van der Waals surface area (Å²) in [4.78, 5) is 22.6. The zero-order valence-corrected chi connectivity index (χ0v) is 20.1. The summed E-state index contributed by atoms with van der Waals surface area (Å²) in [7, 11) is 1.77. The second-order valence-corrected chi connectivity index (χ2v) is 10.1. The van der Waals surface area contributed by atoms with Crippen LogP contribution in [0.15, 0.2) is 70.6 Å². The Balaban J connectivity index is 1.24. The molecule has 1 amide bonds. The predicted octanol–water partition coefficient (Wildman–Crippen LogP) is 4.69. The molecule has 176 valence electrons. The summed E-state index contributed by atoms with van der Waals surface area (Å²) in [6, 6.07) is 17.6. The summed E-state index contributed by atoms with van der Waals surface area (Å²) in [6.45, 7) is 3.19. The van der Waals surface area contributed by atoms with Crippen LogP contribution in [0, 0.1) is 0 Å². The first-order valence-corrected chi connectivity index (χ1v) is 12.5. The summed E-state index contributed by atoms with van der Waals surface area (Å²) in [5.41, 5.74) is 1.63. The number of aromatic nitrogens is 1. The van der Waals surface area contributed by atoms with Gasteiger partial charge in [0.15, 0.2) is 5.76 Å². The van der Waals surface area contributed by atoms with Gasteiger partial charge in [0.1, 0.15) is 5.58 Å². The summed E-state index contributed by atoms with van der Waals surface area (Å²) >= 11 is 1.77. The second kappa shape index (κ2) is 9.70. The Bertz CT molecular complexity index is 1240. The van der Waals surface area contributed by atoms with Crippen molar-refractivity contribution in [2.24, 2.45) is 0 Å². The highest BCUT2D eigenvalue weighted by Gasteiger charge is 2.34. The molecule has 3 aromatic heterocycles. The number of fused-ring (bicyclic) bond motifs is 1. The van der Waals surface area contributed by atoms with Crippen molar-refractivity contribution >= 4 is 28.2 Å². The van der Waals surface area contributed by atoms with Gasteiger partial charge in [-0.05, 0) is 60.2 Å². The van der Waals surface area contributed by atoms with Gasteiger partial charge in [0.25, 0.3) is 5.91 Å². The smallest absolute Gasteiger partial charge is 0.289 e. The molecule has 34 heavy (non-hydrogen) atoms. The van der Waals surface area contributed by atoms with Gasteiger partial charge in [-0.2, -0.15) is 0 Å². The lowest BCUT2D eigenvalue weighted by Gasteiger charge is -2.38. The standard InChI is InChI=1S/C27H29N3O3S/c1-29(13-9-22-5-2-3-12-28-22)26(31)25-18-20-17-21(7-8-24(20)33-25)27(32)10-14-30(15-11-27)19-23-6-4-16-34-23/h2-8,12,16-18,32H,9-11,13-15,19H2,1H3. The van der Waals surface area contributed by atoms with E-state index < -0.39 is 5.60 Å². The molecule has 0 spiro atoms. The molecule has 0 aliphatic carbocycles. The third-order valence-corrected chi connectivity index (χ3v) is 7.54. The first-order chi connectivity index (χ1) is 16.5. The van der Waals surface area contributed by atoms with Crippen molar-refractivity contribution in [1.82, 2.24) is 14.8 Å². The topological polar surface area (TPSA) is 69.8 Å². The van der Waals surface area contributed by atoms with Crippen molar-refractivity contribution < 1.29 is 14.3 Å². The zero-order valence-electron chi connectivity index (χ0n) is 19.3. The number of piperidine rings is 1. The highest BCUT2D eigenvalue weighted by atomic mass is 32.1. The fourth-order valence-electron chi connectivity index (χ4n) is 4.55. The number of nitrogens with zero attached hydrogens (tertiary/aromatic N) is 3. The lowest BCUT2D eigenvalue weighted by atomic mass is 9.84. The molecule has 0 bridgehead atoms. The average molecular weight is 476 g/mol. The molecule has 0 atom stereocenters. The van der Waals surface area contributed by atoms with Gasteiger partial charge in [0, 0.05) is 61.8 Å². The lowest BCUT2D eigenvalue weighted by molar-refractivity contribution is -0.0274. The molecule has 4 aromatic rings. The van der Waals surface area contributed by atoms with Crippen molar-refractivity contribution in [3.05, 3.63) is 88.1 Å². The maximum Gasteiger partial charge on any atom is 0.289 e. The van der Waals surface area contributed by atoms with Gasteiger partial charge < -0.3 is 14.4 Å². The minimum absolute atomic E-state index is 0.158. The van der Waals surface area contributed by atoms with Crippen LogP contribution < -0.4 is 0 Å². The van der Waals surface area contributed by atoms with Gasteiger partial charge in [-0.25, -0.2) is 0 Å². The van der Waals surface area contributed by atoms with Crippen molar-refractivity contribution in [2.75, 3.05) is 26.7 Å². The molecule has 0 unspecified atom stereocenters. The Kier molecular flexibility index (Phi) is 6.50. The quantitative estimate of drug-likeness (QED) is 0.420. The third-order valence-electron chi connectivity index (χ3n) is 6.68. The number of hydrogen-bond donors (Lipinski definition) is 1. The van der Waals surface area contributed by atoms with Gasteiger partial charge in [-0.15, -0.1) is 11.3 Å². The van der Waals surface area contributed by atoms with Gasteiger partial charge in [-0.3, -0.25) is 14.7 Å². The molecule has 6 nitrogen and oxygen atoms in total. The molecule has 7 heteroatoms. The molecule has 1 aliphatic rings. The normalized spacial score (nSPS) is 16.1. The number of carbonyl (C=O) groups is 1. The number of likely N-dealkylation sites (tertiary alicyclic amines) is 1. The van der Waals surface area contributed by atoms with E-state index in [9.17, 15) is 9.90 Å². The third kappa shape index (κ3) is 4.92. The van der Waals surface area contributed by atoms with E-state index in [4.69, 9.17) is 4.42 Å². The Morgan fingerprint density at radius 2 is 2.03 bits per heavy atom. The first kappa shape index (κ1) is 22.8. The minimum Gasteiger partial charge on any atom is -0.451 e. The Morgan fingerprint density at radius 3 is 2.76 bits per heavy atom. The van der Waals surface area contributed by atoms with Gasteiger partial charge in [0.2, 0.25) is 0 Å². The van der Waals surface area contributed by atoms with Crippen LogP contribution in [0.1, 0.15) is 39.5 Å². The summed E-state index contributed by atoms with van der Waals surface area (Å²) in [5, 5.41) is 14.3. The molecule has 1 saturated heterocycles. The van der Waals surface area contributed by atoms with Crippen molar-refractivity contribution in [2.45, 2.75) is 31.4 Å². The molecule has 4 heterocycles. The highest BCUT2D eigenvalue weighted by molar-refractivity contribution is 7.09. The fraction of sp³-hybridized carbons (Fsp3) is 0.333. The molecule has 0 radical (unpaired) electrons. The van der Waals surface area contributed by atoms with Gasteiger partial charge in [0.05, 0.1) is 5.60 Å². The number of amides is 1. The molecule has 1 N–H and O–H groups in total. The Morgan fingerprint density at radius 1 is 1.18 bits per heavy atom. The van der Waals surface area contributed by atoms with Crippen LogP contribution in [-0.2, 0) is 18.6 Å². The van der Waals surface area contributed by atoms with Crippen LogP contribution in [-0.4, -0.2) is 52.5 Å². The minimum atomic E-state index is -0.860. The molecular weight excluding hydrogens is 446 g/mol. The average Bonchev–Trinajstić information content (AvgIpc) is 3.53. The fourth-order valence-corrected chi connectivity index (χ4v) is 5.29.